The van der Waals surface area contributed by atoms with Crippen molar-refractivity contribution in [3.8, 4) is 0 Å². The Morgan fingerprint density at radius 1 is 1.03 bits per heavy atom. The van der Waals surface area contributed by atoms with E-state index in [-0.39, 0.29) is 11.6 Å². The van der Waals surface area contributed by atoms with E-state index < -0.39 is 0 Å². The van der Waals surface area contributed by atoms with Crippen LogP contribution in [0.3, 0.4) is 0 Å². The first-order valence-electron chi connectivity index (χ1n) is 14.1. The van der Waals surface area contributed by atoms with Crippen molar-refractivity contribution in [2.75, 3.05) is 45.1 Å². The molecule has 1 saturated heterocycles. The number of nitrogens with zero attached hydrogens (tertiary/aromatic N) is 5. The Balaban J connectivity index is 1.57. The van der Waals surface area contributed by atoms with Crippen molar-refractivity contribution >= 4 is 27.8 Å². The molecule has 36 heavy (non-hydrogen) atoms. The average molecular weight is 491 g/mol. The second-order valence-electron chi connectivity index (χ2n) is 11.0. The van der Waals surface area contributed by atoms with Gasteiger partial charge in [0.1, 0.15) is 5.65 Å². The van der Waals surface area contributed by atoms with Crippen LogP contribution in [0.25, 0.3) is 21.8 Å². The molecule has 1 aliphatic heterocycles. The Morgan fingerprint density at radius 3 is 2.44 bits per heavy atom. The number of rotatable bonds is 10. The lowest BCUT2D eigenvalue weighted by molar-refractivity contribution is 0.148. The molecule has 0 radical (unpaired) electrons. The molecular weight excluding hydrogens is 448 g/mol. The molecule has 2 aliphatic rings. The summed E-state index contributed by atoms with van der Waals surface area (Å²) in [7, 11) is 2.18. The minimum Gasteiger partial charge on any atom is -0.354 e. The van der Waals surface area contributed by atoms with Crippen molar-refractivity contribution < 1.29 is 0 Å². The highest BCUT2D eigenvalue weighted by atomic mass is 16.1. The van der Waals surface area contributed by atoms with Crippen molar-refractivity contribution in [3.63, 3.8) is 0 Å². The quantitative estimate of drug-likeness (QED) is 0.402. The fraction of sp³-hybridized carbons (Fsp3) is 0.621. The van der Waals surface area contributed by atoms with Crippen LogP contribution in [0.1, 0.15) is 70.4 Å². The summed E-state index contributed by atoms with van der Waals surface area (Å²) in [6, 6.07) is 6.58. The summed E-state index contributed by atoms with van der Waals surface area (Å²) in [5.74, 6) is 1.36. The number of anilines is 1. The van der Waals surface area contributed by atoms with Crippen LogP contribution in [0.15, 0.2) is 29.2 Å². The Kier molecular flexibility index (Phi) is 7.87. The zero-order valence-corrected chi connectivity index (χ0v) is 22.3. The summed E-state index contributed by atoms with van der Waals surface area (Å²) in [4.78, 5) is 28.6. The SMILES string of the molecule is CCCC(CCC)n1c(=O)c2cc(CN3CCN(C)CC3)ccc2c2cnc(NCC3CCC3)nc21. The van der Waals surface area contributed by atoms with Crippen LogP contribution in [0.2, 0.25) is 0 Å². The average Bonchev–Trinajstić information content (AvgIpc) is 2.85. The lowest BCUT2D eigenvalue weighted by atomic mass is 9.85. The van der Waals surface area contributed by atoms with E-state index in [4.69, 9.17) is 4.98 Å². The minimum absolute atomic E-state index is 0.0910. The maximum Gasteiger partial charge on any atom is 0.260 e. The third kappa shape index (κ3) is 5.28. The number of hydrogen-bond acceptors (Lipinski definition) is 6. The zero-order valence-electron chi connectivity index (χ0n) is 22.3. The van der Waals surface area contributed by atoms with Crippen LogP contribution in [0.4, 0.5) is 5.95 Å². The molecule has 1 aromatic carbocycles. The van der Waals surface area contributed by atoms with Gasteiger partial charge in [0, 0.05) is 62.3 Å². The minimum atomic E-state index is 0.0910. The molecule has 0 atom stereocenters. The molecule has 3 heterocycles. The maximum absolute atomic E-state index is 14.1. The molecule has 5 rings (SSSR count). The third-order valence-corrected chi connectivity index (χ3v) is 8.20. The van der Waals surface area contributed by atoms with Gasteiger partial charge in [-0.3, -0.25) is 14.3 Å². The van der Waals surface area contributed by atoms with E-state index in [1.54, 1.807) is 0 Å². The van der Waals surface area contributed by atoms with E-state index in [1.165, 1.54) is 24.8 Å². The molecule has 1 aliphatic carbocycles. The van der Waals surface area contributed by atoms with Crippen LogP contribution in [-0.2, 0) is 6.54 Å². The Morgan fingerprint density at radius 2 is 1.78 bits per heavy atom. The van der Waals surface area contributed by atoms with E-state index in [0.29, 0.717) is 5.95 Å². The monoisotopic (exact) mass is 490 g/mol. The first-order chi connectivity index (χ1) is 17.6. The summed E-state index contributed by atoms with van der Waals surface area (Å²) in [5, 5.41) is 6.18. The molecule has 194 valence electrons. The van der Waals surface area contributed by atoms with Gasteiger partial charge in [-0.2, -0.15) is 4.98 Å². The van der Waals surface area contributed by atoms with Gasteiger partial charge in [0.15, 0.2) is 0 Å². The van der Waals surface area contributed by atoms with Gasteiger partial charge in [0.05, 0.1) is 0 Å². The fourth-order valence-corrected chi connectivity index (χ4v) is 5.76. The molecule has 0 unspecified atom stereocenters. The van der Waals surface area contributed by atoms with E-state index in [9.17, 15) is 4.79 Å². The molecule has 7 heteroatoms. The first kappa shape index (κ1) is 25.2. The van der Waals surface area contributed by atoms with Crippen LogP contribution in [0, 0.1) is 5.92 Å². The van der Waals surface area contributed by atoms with Crippen LogP contribution >= 0.6 is 0 Å². The standard InChI is InChI=1S/C29H42N6O/c1-4-7-23(8-5-2)35-27-26(19-31-29(32-27)30-18-21-9-6-10-21)24-12-11-22(17-25(24)28(35)36)20-34-15-13-33(3)14-16-34/h11-12,17,19,21,23H,4-10,13-16,18,20H2,1-3H3,(H,30,31,32). The molecule has 3 aromatic rings. The van der Waals surface area contributed by atoms with Gasteiger partial charge >= 0.3 is 0 Å². The molecule has 2 aromatic heterocycles. The number of nitrogens with one attached hydrogen (secondary N) is 1. The largest absolute Gasteiger partial charge is 0.354 e. The summed E-state index contributed by atoms with van der Waals surface area (Å²) in [5.41, 5.74) is 2.07. The Bertz CT molecular complexity index is 1240. The predicted octanol–water partition coefficient (Wildman–Crippen LogP) is 5.05. The summed E-state index contributed by atoms with van der Waals surface area (Å²) < 4.78 is 2.00. The van der Waals surface area contributed by atoms with Gasteiger partial charge in [-0.25, -0.2) is 4.98 Å². The summed E-state index contributed by atoms with van der Waals surface area (Å²) in [6.07, 6.45) is 9.84. The molecular formula is C29H42N6O. The Hall–Kier alpha value is -2.51. The number of pyridine rings is 1. The molecule has 0 amide bonds. The summed E-state index contributed by atoms with van der Waals surface area (Å²) in [6.45, 7) is 10.5. The van der Waals surface area contributed by atoms with Crippen molar-refractivity contribution in [3.05, 3.63) is 40.3 Å². The topological polar surface area (TPSA) is 66.3 Å². The lowest BCUT2D eigenvalue weighted by Crippen LogP contribution is -2.43. The van der Waals surface area contributed by atoms with Crippen LogP contribution in [-0.4, -0.2) is 64.1 Å². The second kappa shape index (κ2) is 11.3. The van der Waals surface area contributed by atoms with Gasteiger partial charge in [0.25, 0.3) is 5.56 Å². The van der Waals surface area contributed by atoms with Crippen LogP contribution < -0.4 is 10.9 Å². The fourth-order valence-electron chi connectivity index (χ4n) is 5.76. The molecule has 2 fully saturated rings. The van der Waals surface area contributed by atoms with E-state index in [1.807, 2.05) is 10.8 Å². The number of aromatic nitrogens is 3. The number of piperazine rings is 1. The van der Waals surface area contributed by atoms with E-state index >= 15 is 0 Å². The lowest BCUT2D eigenvalue weighted by Gasteiger charge is -2.32. The van der Waals surface area contributed by atoms with E-state index in [0.717, 1.165) is 92.7 Å². The smallest absolute Gasteiger partial charge is 0.260 e. The maximum atomic E-state index is 14.1. The normalized spacial score (nSPS) is 17.8. The predicted molar refractivity (Wildman–Crippen MR) is 149 cm³/mol. The van der Waals surface area contributed by atoms with Gasteiger partial charge in [-0.15, -0.1) is 0 Å². The summed E-state index contributed by atoms with van der Waals surface area (Å²) >= 11 is 0. The third-order valence-electron chi connectivity index (χ3n) is 8.20. The van der Waals surface area contributed by atoms with Crippen molar-refractivity contribution in [2.24, 2.45) is 5.92 Å². The van der Waals surface area contributed by atoms with Gasteiger partial charge in [0.2, 0.25) is 5.95 Å². The number of benzene rings is 1. The van der Waals surface area contributed by atoms with Crippen molar-refractivity contribution in [2.45, 2.75) is 71.4 Å². The zero-order chi connectivity index (χ0) is 25.1. The van der Waals surface area contributed by atoms with Crippen LogP contribution in [0.5, 0.6) is 0 Å². The molecule has 0 bridgehead atoms. The van der Waals surface area contributed by atoms with Gasteiger partial charge in [-0.05, 0) is 55.7 Å². The highest BCUT2D eigenvalue weighted by Gasteiger charge is 2.22. The van der Waals surface area contributed by atoms with Crippen molar-refractivity contribution in [1.29, 1.82) is 0 Å². The first-order valence-corrected chi connectivity index (χ1v) is 14.1. The molecule has 1 saturated carbocycles. The number of hydrogen-bond donors (Lipinski definition) is 1. The van der Waals surface area contributed by atoms with Gasteiger partial charge in [-0.1, -0.05) is 45.2 Å². The van der Waals surface area contributed by atoms with Gasteiger partial charge < -0.3 is 10.2 Å². The molecule has 1 N–H and O–H groups in total. The molecule has 0 spiro atoms. The highest BCUT2D eigenvalue weighted by Crippen LogP contribution is 2.29. The van der Waals surface area contributed by atoms with Crippen molar-refractivity contribution in [1.82, 2.24) is 24.3 Å². The Labute approximate surface area is 214 Å². The molecule has 7 nitrogen and oxygen atoms in total. The highest BCUT2D eigenvalue weighted by molar-refractivity contribution is 6.04. The van der Waals surface area contributed by atoms with E-state index in [2.05, 4.69) is 59.2 Å². The number of fused-ring (bicyclic) bond motifs is 3. The second-order valence-corrected chi connectivity index (χ2v) is 11.0. The number of likely N-dealkylation sites (N-methyl/N-ethyl adjacent to an activating group) is 1.